The molecule has 0 saturated heterocycles. The first-order chi connectivity index (χ1) is 18.5. The molecular formula is C34H26N2O2. The molecule has 0 aliphatic rings. The largest absolute Gasteiger partial charge is 0.506 e. The van der Waals surface area contributed by atoms with Crippen LogP contribution in [-0.2, 0) is 0 Å². The van der Waals surface area contributed by atoms with E-state index in [4.69, 9.17) is 9.98 Å². The van der Waals surface area contributed by atoms with Gasteiger partial charge in [0.1, 0.15) is 22.9 Å². The average Bonchev–Trinajstić information content (AvgIpc) is 2.93. The summed E-state index contributed by atoms with van der Waals surface area (Å²) in [6.45, 7) is 3.83. The van der Waals surface area contributed by atoms with Crippen LogP contribution in [0.1, 0.15) is 19.4 Å². The lowest BCUT2D eigenvalue weighted by molar-refractivity contribution is 0.476. The second-order valence-electron chi connectivity index (χ2n) is 9.44. The van der Waals surface area contributed by atoms with Gasteiger partial charge in [0.25, 0.3) is 0 Å². The second kappa shape index (κ2) is 9.49. The Balaban J connectivity index is 1.59. The highest BCUT2D eigenvalue weighted by atomic mass is 16.3. The number of phenolic OH excluding ortho intramolecular Hbond substituents is 2. The van der Waals surface area contributed by atoms with Crippen molar-refractivity contribution in [3.8, 4) is 11.5 Å². The van der Waals surface area contributed by atoms with Gasteiger partial charge in [-0.15, -0.1) is 0 Å². The molecule has 6 rings (SSSR count). The van der Waals surface area contributed by atoms with Crippen molar-refractivity contribution in [2.75, 3.05) is 0 Å². The van der Waals surface area contributed by atoms with Gasteiger partial charge in [0, 0.05) is 17.0 Å². The van der Waals surface area contributed by atoms with Gasteiger partial charge in [-0.1, -0.05) is 78.9 Å². The van der Waals surface area contributed by atoms with E-state index in [1.807, 2.05) is 26.0 Å². The Kier molecular flexibility index (Phi) is 5.85. The maximum atomic E-state index is 10.3. The minimum Gasteiger partial charge on any atom is -0.506 e. The number of hydrogen-bond donors (Lipinski definition) is 2. The lowest BCUT2D eigenvalue weighted by Gasteiger charge is -2.14. The Morgan fingerprint density at radius 1 is 0.553 bits per heavy atom. The number of phenols is 2. The number of para-hydroxylation sites is 4. The molecular weight excluding hydrogens is 468 g/mol. The first-order valence-electron chi connectivity index (χ1n) is 12.5. The minimum absolute atomic E-state index is 0.115. The predicted octanol–water partition coefficient (Wildman–Crippen LogP) is 8.96. The van der Waals surface area contributed by atoms with Crippen molar-refractivity contribution in [2.24, 2.45) is 9.98 Å². The third-order valence-corrected chi connectivity index (χ3v) is 6.98. The molecule has 0 saturated carbocycles. The molecule has 4 nitrogen and oxygen atoms in total. The fourth-order valence-corrected chi connectivity index (χ4v) is 5.11. The first kappa shape index (κ1) is 23.4. The van der Waals surface area contributed by atoms with Gasteiger partial charge in [-0.3, -0.25) is 0 Å². The van der Waals surface area contributed by atoms with Crippen LogP contribution in [0.5, 0.6) is 11.5 Å². The van der Waals surface area contributed by atoms with Crippen molar-refractivity contribution in [1.29, 1.82) is 0 Å². The van der Waals surface area contributed by atoms with Crippen molar-refractivity contribution < 1.29 is 10.2 Å². The summed E-state index contributed by atoms with van der Waals surface area (Å²) in [6, 6.07) is 33.4. The van der Waals surface area contributed by atoms with Crippen LogP contribution in [-0.4, -0.2) is 21.6 Å². The smallest absolute Gasteiger partial charge is 0.141 e. The Bertz CT molecular complexity index is 1830. The van der Waals surface area contributed by atoms with E-state index in [0.29, 0.717) is 22.8 Å². The second-order valence-corrected chi connectivity index (χ2v) is 9.44. The van der Waals surface area contributed by atoms with Crippen molar-refractivity contribution >= 4 is 61.2 Å². The van der Waals surface area contributed by atoms with E-state index in [2.05, 4.69) is 60.7 Å². The molecule has 0 spiro atoms. The van der Waals surface area contributed by atoms with Crippen molar-refractivity contribution in [3.63, 3.8) is 0 Å². The van der Waals surface area contributed by atoms with Gasteiger partial charge < -0.3 is 10.2 Å². The topological polar surface area (TPSA) is 65.2 Å². The van der Waals surface area contributed by atoms with Crippen molar-refractivity contribution in [1.82, 2.24) is 0 Å². The molecule has 0 aliphatic heterocycles. The predicted molar refractivity (Wildman–Crippen MR) is 160 cm³/mol. The highest BCUT2D eigenvalue weighted by molar-refractivity contribution is 6.29. The summed E-state index contributed by atoms with van der Waals surface area (Å²) in [5.41, 5.74) is 4.24. The molecule has 0 bridgehead atoms. The Hall–Kier alpha value is -4.96. The number of allylic oxidation sites excluding steroid dienone is 1. The molecule has 4 heteroatoms. The van der Waals surface area contributed by atoms with Gasteiger partial charge in [0.05, 0.1) is 0 Å². The summed E-state index contributed by atoms with van der Waals surface area (Å²) in [7, 11) is 0. The fourth-order valence-electron chi connectivity index (χ4n) is 5.11. The zero-order valence-corrected chi connectivity index (χ0v) is 21.2. The van der Waals surface area contributed by atoms with Gasteiger partial charge in [0.2, 0.25) is 0 Å². The molecule has 0 heterocycles. The minimum atomic E-state index is 0.115. The summed E-state index contributed by atoms with van der Waals surface area (Å²) >= 11 is 0. The molecule has 0 amide bonds. The zero-order chi connectivity index (χ0) is 26.2. The molecule has 0 aliphatic carbocycles. The Morgan fingerprint density at radius 3 is 1.63 bits per heavy atom. The van der Waals surface area contributed by atoms with Crippen LogP contribution in [0.15, 0.2) is 119 Å². The molecule has 0 radical (unpaired) electrons. The monoisotopic (exact) mass is 494 g/mol. The van der Waals surface area contributed by atoms with Crippen LogP contribution in [0.3, 0.4) is 0 Å². The number of aliphatic imine (C=N–C) groups is 2. The molecule has 0 atom stereocenters. The summed E-state index contributed by atoms with van der Waals surface area (Å²) in [5, 5.41) is 28.0. The number of rotatable bonds is 5. The quantitative estimate of drug-likeness (QED) is 0.185. The van der Waals surface area contributed by atoms with Crippen LogP contribution < -0.4 is 0 Å². The molecule has 0 aromatic heterocycles. The number of hydrogen-bond acceptors (Lipinski definition) is 4. The number of aromatic hydroxyl groups is 2. The highest BCUT2D eigenvalue weighted by Gasteiger charge is 2.14. The molecule has 184 valence electrons. The number of nitrogens with zero attached hydrogens (tertiary/aromatic N) is 2. The van der Waals surface area contributed by atoms with Crippen LogP contribution >= 0.6 is 0 Å². The van der Waals surface area contributed by atoms with E-state index in [-0.39, 0.29) is 11.5 Å². The zero-order valence-electron chi connectivity index (χ0n) is 21.2. The molecule has 38 heavy (non-hydrogen) atoms. The van der Waals surface area contributed by atoms with E-state index in [9.17, 15) is 10.2 Å². The Labute approximate surface area is 220 Å². The molecule has 6 aromatic carbocycles. The summed E-state index contributed by atoms with van der Waals surface area (Å²) in [5.74, 6) is 0.230. The summed E-state index contributed by atoms with van der Waals surface area (Å²) < 4.78 is 0. The maximum absolute atomic E-state index is 10.3. The molecule has 0 fully saturated rings. The normalized spacial score (nSPS) is 12.5. The van der Waals surface area contributed by atoms with Crippen molar-refractivity contribution in [2.45, 2.75) is 13.8 Å². The van der Waals surface area contributed by atoms with E-state index in [0.717, 1.165) is 16.5 Å². The van der Waals surface area contributed by atoms with Crippen LogP contribution in [0.4, 0.5) is 11.4 Å². The molecule has 2 N–H and O–H groups in total. The Morgan fingerprint density at radius 2 is 1.05 bits per heavy atom. The van der Waals surface area contributed by atoms with E-state index in [1.165, 1.54) is 26.9 Å². The van der Waals surface area contributed by atoms with Crippen LogP contribution in [0.2, 0.25) is 0 Å². The van der Waals surface area contributed by atoms with Gasteiger partial charge in [-0.25, -0.2) is 9.98 Å². The SMILES string of the molecule is CC(=Nc1ccccc1O)C(=Cc1ccc2ccc3cccc4ccc1c2c34)C(C)=Nc1ccccc1O. The molecule has 6 aromatic rings. The van der Waals surface area contributed by atoms with Gasteiger partial charge in [0.15, 0.2) is 0 Å². The average molecular weight is 495 g/mol. The summed E-state index contributed by atoms with van der Waals surface area (Å²) in [6.07, 6.45) is 2.10. The lowest BCUT2D eigenvalue weighted by Crippen LogP contribution is -2.07. The standard InChI is InChI=1S/C34H26N2O2/c1-21(35-29-10-3-5-12-31(29)37)28(22(2)36-30-11-4-6-13-32(30)38)20-26-17-16-25-15-14-23-8-7-9-24-18-19-27(26)34(25)33(23)24/h3-20,37-38H,1-2H3. The van der Waals surface area contributed by atoms with Crippen molar-refractivity contribution in [3.05, 3.63) is 114 Å². The number of benzene rings is 6. The third kappa shape index (κ3) is 4.16. The van der Waals surface area contributed by atoms with E-state index < -0.39 is 0 Å². The van der Waals surface area contributed by atoms with Gasteiger partial charge >= 0.3 is 0 Å². The van der Waals surface area contributed by atoms with E-state index in [1.54, 1.807) is 36.4 Å². The third-order valence-electron chi connectivity index (χ3n) is 6.98. The highest BCUT2D eigenvalue weighted by Crippen LogP contribution is 2.37. The van der Waals surface area contributed by atoms with Crippen LogP contribution in [0, 0.1) is 0 Å². The van der Waals surface area contributed by atoms with Gasteiger partial charge in [-0.2, -0.15) is 0 Å². The summed E-state index contributed by atoms with van der Waals surface area (Å²) in [4.78, 5) is 9.51. The fraction of sp³-hybridized carbons (Fsp3) is 0.0588. The molecule has 0 unspecified atom stereocenters. The van der Waals surface area contributed by atoms with E-state index >= 15 is 0 Å². The van der Waals surface area contributed by atoms with Gasteiger partial charge in [-0.05, 0) is 82.1 Å². The van der Waals surface area contributed by atoms with Crippen LogP contribution in [0.25, 0.3) is 38.4 Å². The first-order valence-corrected chi connectivity index (χ1v) is 12.5. The maximum Gasteiger partial charge on any atom is 0.141 e. The lowest BCUT2D eigenvalue weighted by atomic mass is 9.91.